The maximum atomic E-state index is 12.8. The fourth-order valence-electron chi connectivity index (χ4n) is 2.78. The molecule has 0 bridgehead atoms. The number of amides is 1. The quantitative estimate of drug-likeness (QED) is 0.872. The van der Waals surface area contributed by atoms with E-state index >= 15 is 0 Å². The summed E-state index contributed by atoms with van der Waals surface area (Å²) in [4.78, 5) is 12.8. The summed E-state index contributed by atoms with van der Waals surface area (Å²) in [5, 5.41) is 2.98. The van der Waals surface area contributed by atoms with E-state index in [4.69, 9.17) is 9.31 Å². The molecule has 1 fully saturated rings. The number of carbonyl (C=O) groups excluding carboxylic acids is 1. The topological polar surface area (TPSA) is 47.6 Å². The monoisotopic (exact) mass is 337 g/mol. The molecule has 1 amide bonds. The van der Waals surface area contributed by atoms with Crippen molar-refractivity contribution < 1.29 is 14.1 Å². The van der Waals surface area contributed by atoms with Gasteiger partial charge in [-0.15, -0.1) is 0 Å². The first-order valence-corrected chi connectivity index (χ1v) is 8.53. The fraction of sp³-hybridized carbons (Fsp3) is 0.350. The van der Waals surface area contributed by atoms with Crippen LogP contribution in [0.25, 0.3) is 0 Å². The van der Waals surface area contributed by atoms with Crippen LogP contribution >= 0.6 is 0 Å². The highest BCUT2D eigenvalue weighted by molar-refractivity contribution is 6.63. The van der Waals surface area contributed by atoms with Gasteiger partial charge in [-0.2, -0.15) is 0 Å². The number of benzene rings is 2. The Balaban J connectivity index is 1.90. The number of aryl methyl sites for hydroxylation is 1. The number of nitrogens with one attached hydrogen (secondary N) is 1. The molecule has 130 valence electrons. The van der Waals surface area contributed by atoms with Crippen LogP contribution in [0.5, 0.6) is 0 Å². The van der Waals surface area contributed by atoms with Gasteiger partial charge in [0, 0.05) is 11.3 Å². The van der Waals surface area contributed by atoms with Crippen LogP contribution in [0.15, 0.2) is 48.5 Å². The summed E-state index contributed by atoms with van der Waals surface area (Å²) in [5.41, 5.74) is 2.23. The molecule has 2 aromatic carbocycles. The highest BCUT2D eigenvalue weighted by Crippen LogP contribution is 2.36. The van der Waals surface area contributed by atoms with Crippen molar-refractivity contribution in [2.45, 2.75) is 45.8 Å². The van der Waals surface area contributed by atoms with Crippen molar-refractivity contribution in [1.29, 1.82) is 0 Å². The molecule has 1 aliphatic rings. The Kier molecular flexibility index (Phi) is 4.48. The van der Waals surface area contributed by atoms with E-state index in [1.54, 1.807) is 6.07 Å². The Morgan fingerprint density at radius 3 is 2.12 bits per heavy atom. The molecule has 1 saturated heterocycles. The largest absolute Gasteiger partial charge is 0.495 e. The molecule has 0 saturated carbocycles. The first-order chi connectivity index (χ1) is 11.7. The van der Waals surface area contributed by atoms with Crippen LogP contribution in [-0.2, 0) is 9.31 Å². The van der Waals surface area contributed by atoms with Crippen molar-refractivity contribution in [3.8, 4) is 0 Å². The number of hydrogen-bond donors (Lipinski definition) is 1. The van der Waals surface area contributed by atoms with E-state index in [0.717, 1.165) is 16.7 Å². The van der Waals surface area contributed by atoms with Gasteiger partial charge in [0.15, 0.2) is 0 Å². The van der Waals surface area contributed by atoms with Gasteiger partial charge >= 0.3 is 7.12 Å². The SMILES string of the molecule is Cc1ccccc1NC(=O)c1ccccc1B1OC(C)(C)C(C)(C)O1. The molecule has 0 radical (unpaired) electrons. The van der Waals surface area contributed by atoms with Crippen LogP contribution < -0.4 is 10.8 Å². The minimum absolute atomic E-state index is 0.167. The third-order valence-electron chi connectivity index (χ3n) is 5.11. The number of rotatable bonds is 3. The van der Waals surface area contributed by atoms with Crippen molar-refractivity contribution in [2.75, 3.05) is 5.32 Å². The van der Waals surface area contributed by atoms with E-state index in [0.29, 0.717) is 5.56 Å². The lowest BCUT2D eigenvalue weighted by Gasteiger charge is -2.32. The van der Waals surface area contributed by atoms with Crippen molar-refractivity contribution in [1.82, 2.24) is 0 Å². The van der Waals surface area contributed by atoms with Crippen LogP contribution in [0.2, 0.25) is 0 Å². The van der Waals surface area contributed by atoms with Gasteiger partial charge in [0.05, 0.1) is 11.2 Å². The van der Waals surface area contributed by atoms with E-state index in [1.165, 1.54) is 0 Å². The van der Waals surface area contributed by atoms with Gasteiger partial charge in [0.2, 0.25) is 0 Å². The van der Waals surface area contributed by atoms with Crippen LogP contribution in [0.1, 0.15) is 43.6 Å². The van der Waals surface area contributed by atoms with Gasteiger partial charge in [-0.25, -0.2) is 0 Å². The van der Waals surface area contributed by atoms with Gasteiger partial charge in [-0.05, 0) is 57.8 Å². The number of hydrogen-bond acceptors (Lipinski definition) is 3. The van der Waals surface area contributed by atoms with Crippen molar-refractivity contribution in [3.63, 3.8) is 0 Å². The Morgan fingerprint density at radius 1 is 0.920 bits per heavy atom. The molecule has 3 rings (SSSR count). The summed E-state index contributed by atoms with van der Waals surface area (Å²) in [6, 6.07) is 15.1. The second-order valence-electron chi connectivity index (χ2n) is 7.44. The Morgan fingerprint density at radius 2 is 1.48 bits per heavy atom. The molecule has 0 spiro atoms. The highest BCUT2D eigenvalue weighted by atomic mass is 16.7. The minimum Gasteiger partial charge on any atom is -0.399 e. The normalized spacial score (nSPS) is 18.2. The molecular weight excluding hydrogens is 313 g/mol. The van der Waals surface area contributed by atoms with Gasteiger partial charge in [0.25, 0.3) is 5.91 Å². The number of carbonyl (C=O) groups is 1. The first kappa shape index (κ1) is 17.7. The van der Waals surface area contributed by atoms with Crippen molar-refractivity contribution in [3.05, 3.63) is 59.7 Å². The van der Waals surface area contributed by atoms with Gasteiger partial charge in [0.1, 0.15) is 0 Å². The molecule has 25 heavy (non-hydrogen) atoms. The smallest absolute Gasteiger partial charge is 0.399 e. The molecule has 0 aliphatic carbocycles. The van der Waals surface area contributed by atoms with Crippen LogP contribution in [0.4, 0.5) is 5.69 Å². The third kappa shape index (κ3) is 3.35. The summed E-state index contributed by atoms with van der Waals surface area (Å²) in [6.45, 7) is 9.98. The summed E-state index contributed by atoms with van der Waals surface area (Å²) in [7, 11) is -0.566. The zero-order chi connectivity index (χ0) is 18.2. The Bertz CT molecular complexity index is 785. The molecule has 2 aromatic rings. The average molecular weight is 337 g/mol. The minimum atomic E-state index is -0.566. The second-order valence-corrected chi connectivity index (χ2v) is 7.44. The van der Waals surface area contributed by atoms with Crippen LogP contribution in [0.3, 0.4) is 0 Å². The van der Waals surface area contributed by atoms with Crippen LogP contribution in [0, 0.1) is 6.92 Å². The number of para-hydroxylation sites is 1. The zero-order valence-corrected chi connectivity index (χ0v) is 15.4. The lowest BCUT2D eigenvalue weighted by molar-refractivity contribution is 0.00578. The van der Waals surface area contributed by atoms with Crippen molar-refractivity contribution in [2.24, 2.45) is 0 Å². The van der Waals surface area contributed by atoms with E-state index in [-0.39, 0.29) is 5.91 Å². The van der Waals surface area contributed by atoms with E-state index < -0.39 is 18.3 Å². The molecule has 1 aliphatic heterocycles. The molecule has 1 N–H and O–H groups in total. The summed E-state index contributed by atoms with van der Waals surface area (Å²) in [5.74, 6) is -0.167. The molecule has 1 heterocycles. The predicted molar refractivity (Wildman–Crippen MR) is 101 cm³/mol. The molecule has 0 aromatic heterocycles. The Hall–Kier alpha value is -2.11. The second kappa shape index (κ2) is 6.32. The number of anilines is 1. The van der Waals surface area contributed by atoms with Crippen molar-refractivity contribution >= 4 is 24.2 Å². The van der Waals surface area contributed by atoms with Gasteiger partial charge < -0.3 is 14.6 Å². The lowest BCUT2D eigenvalue weighted by atomic mass is 9.75. The predicted octanol–water partition coefficient (Wildman–Crippen LogP) is 3.55. The summed E-state index contributed by atoms with van der Waals surface area (Å²) < 4.78 is 12.2. The standard InChI is InChI=1S/C20H24BNO3/c1-14-10-6-9-13-17(14)22-18(23)15-11-7-8-12-16(15)21-24-19(2,3)20(4,5)25-21/h6-13H,1-5H3,(H,22,23). The van der Waals surface area contributed by atoms with E-state index in [1.807, 2.05) is 77.1 Å². The van der Waals surface area contributed by atoms with E-state index in [9.17, 15) is 4.79 Å². The zero-order valence-electron chi connectivity index (χ0n) is 15.4. The summed E-state index contributed by atoms with van der Waals surface area (Å²) >= 11 is 0. The molecule has 0 atom stereocenters. The lowest BCUT2D eigenvalue weighted by Crippen LogP contribution is -2.41. The molecular formula is C20H24BNO3. The highest BCUT2D eigenvalue weighted by Gasteiger charge is 2.52. The summed E-state index contributed by atoms with van der Waals surface area (Å²) in [6.07, 6.45) is 0. The van der Waals surface area contributed by atoms with Gasteiger partial charge in [-0.3, -0.25) is 4.79 Å². The van der Waals surface area contributed by atoms with Gasteiger partial charge in [-0.1, -0.05) is 36.4 Å². The fourth-order valence-corrected chi connectivity index (χ4v) is 2.78. The first-order valence-electron chi connectivity index (χ1n) is 8.53. The maximum Gasteiger partial charge on any atom is 0.495 e. The van der Waals surface area contributed by atoms with E-state index in [2.05, 4.69) is 5.32 Å². The molecule has 5 heteroatoms. The third-order valence-corrected chi connectivity index (χ3v) is 5.11. The Labute approximate surface area is 149 Å². The molecule has 4 nitrogen and oxygen atoms in total. The average Bonchev–Trinajstić information content (AvgIpc) is 2.77. The maximum absolute atomic E-state index is 12.8. The van der Waals surface area contributed by atoms with Crippen LogP contribution in [-0.4, -0.2) is 24.2 Å². The molecule has 0 unspecified atom stereocenters.